The van der Waals surface area contributed by atoms with E-state index in [1.165, 1.54) is 11.1 Å². The van der Waals surface area contributed by atoms with E-state index in [4.69, 9.17) is 0 Å². The van der Waals surface area contributed by atoms with Crippen LogP contribution in [0.15, 0.2) is 29.4 Å². The minimum Gasteiger partial charge on any atom is -0.506 e. The number of para-hydroxylation sites is 2. The van der Waals surface area contributed by atoms with Crippen LogP contribution in [-0.4, -0.2) is 17.2 Å². The SMILES string of the molecule is CC1C=NN(c2ccccc2O)C1=O. The molecule has 1 aromatic carbocycles. The second kappa shape index (κ2) is 3.14. The number of hydrazone groups is 1. The van der Waals surface area contributed by atoms with Gasteiger partial charge in [0.15, 0.2) is 0 Å². The summed E-state index contributed by atoms with van der Waals surface area (Å²) in [7, 11) is 0. The molecule has 4 heteroatoms. The summed E-state index contributed by atoms with van der Waals surface area (Å²) in [5.74, 6) is -0.270. The molecule has 72 valence electrons. The van der Waals surface area contributed by atoms with E-state index in [1.807, 2.05) is 0 Å². The van der Waals surface area contributed by atoms with Crippen LogP contribution in [0.4, 0.5) is 5.69 Å². The van der Waals surface area contributed by atoms with Gasteiger partial charge in [-0.05, 0) is 19.1 Å². The van der Waals surface area contributed by atoms with Crippen LogP contribution in [0.2, 0.25) is 0 Å². The van der Waals surface area contributed by atoms with Crippen LogP contribution in [0.1, 0.15) is 6.92 Å². The summed E-state index contributed by atoms with van der Waals surface area (Å²) < 4.78 is 0. The van der Waals surface area contributed by atoms with Crippen LogP contribution in [0.3, 0.4) is 0 Å². The van der Waals surface area contributed by atoms with Gasteiger partial charge in [0.25, 0.3) is 5.91 Å². The molecule has 4 nitrogen and oxygen atoms in total. The summed E-state index contributed by atoms with van der Waals surface area (Å²) >= 11 is 0. The average Bonchev–Trinajstić information content (AvgIpc) is 2.49. The van der Waals surface area contributed by atoms with Gasteiger partial charge in [0.05, 0.1) is 5.92 Å². The molecule has 1 aliphatic rings. The fourth-order valence-corrected chi connectivity index (χ4v) is 1.30. The van der Waals surface area contributed by atoms with Crippen molar-refractivity contribution in [2.24, 2.45) is 11.0 Å². The van der Waals surface area contributed by atoms with E-state index in [9.17, 15) is 9.90 Å². The third kappa shape index (κ3) is 1.25. The number of rotatable bonds is 1. The van der Waals surface area contributed by atoms with E-state index in [1.54, 1.807) is 31.3 Å². The molecule has 0 bridgehead atoms. The monoisotopic (exact) mass is 190 g/mol. The summed E-state index contributed by atoms with van der Waals surface area (Å²) in [4.78, 5) is 11.5. The van der Waals surface area contributed by atoms with E-state index >= 15 is 0 Å². The Bertz CT molecular complexity index is 401. The lowest BCUT2D eigenvalue weighted by Gasteiger charge is -2.13. The number of anilines is 1. The van der Waals surface area contributed by atoms with Crippen molar-refractivity contribution in [3.63, 3.8) is 0 Å². The second-order valence-corrected chi connectivity index (χ2v) is 3.19. The molecule has 1 aromatic rings. The first-order valence-electron chi connectivity index (χ1n) is 4.36. The van der Waals surface area contributed by atoms with Gasteiger partial charge in [0, 0.05) is 6.21 Å². The molecule has 1 amide bonds. The van der Waals surface area contributed by atoms with Crippen LogP contribution in [-0.2, 0) is 4.79 Å². The van der Waals surface area contributed by atoms with E-state index in [2.05, 4.69) is 5.10 Å². The molecule has 1 aliphatic heterocycles. The number of amides is 1. The Morgan fingerprint density at radius 3 is 2.71 bits per heavy atom. The maximum atomic E-state index is 11.5. The number of phenols is 1. The Kier molecular flexibility index (Phi) is 1.96. The van der Waals surface area contributed by atoms with Crippen molar-refractivity contribution in [2.75, 3.05) is 5.01 Å². The topological polar surface area (TPSA) is 52.9 Å². The average molecular weight is 190 g/mol. The number of benzene rings is 1. The first-order valence-corrected chi connectivity index (χ1v) is 4.36. The second-order valence-electron chi connectivity index (χ2n) is 3.19. The zero-order chi connectivity index (χ0) is 10.1. The molecular formula is C10H10N2O2. The highest BCUT2D eigenvalue weighted by Gasteiger charge is 2.27. The Morgan fingerprint density at radius 2 is 2.14 bits per heavy atom. The third-order valence-corrected chi connectivity index (χ3v) is 2.11. The minimum absolute atomic E-state index is 0.0621. The molecule has 1 unspecified atom stereocenters. The van der Waals surface area contributed by atoms with Crippen molar-refractivity contribution in [3.05, 3.63) is 24.3 Å². The van der Waals surface area contributed by atoms with Gasteiger partial charge in [0.1, 0.15) is 11.4 Å². The van der Waals surface area contributed by atoms with Gasteiger partial charge in [-0.25, -0.2) is 0 Å². The summed E-state index contributed by atoms with van der Waals surface area (Å²) in [6.45, 7) is 1.77. The number of nitrogens with zero attached hydrogens (tertiary/aromatic N) is 2. The van der Waals surface area contributed by atoms with E-state index in [-0.39, 0.29) is 17.6 Å². The quantitative estimate of drug-likeness (QED) is 0.726. The number of phenolic OH excluding ortho intramolecular Hbond substituents is 1. The highest BCUT2D eigenvalue weighted by molar-refractivity contribution is 6.08. The van der Waals surface area contributed by atoms with Gasteiger partial charge in [-0.15, -0.1) is 0 Å². The molecule has 1 heterocycles. The third-order valence-electron chi connectivity index (χ3n) is 2.11. The number of hydrogen-bond acceptors (Lipinski definition) is 3. The van der Waals surface area contributed by atoms with Crippen molar-refractivity contribution in [3.8, 4) is 5.75 Å². The maximum Gasteiger partial charge on any atom is 0.255 e. The first-order chi connectivity index (χ1) is 6.70. The predicted molar refractivity (Wildman–Crippen MR) is 53.2 cm³/mol. The van der Waals surface area contributed by atoms with Crippen molar-refractivity contribution in [1.82, 2.24) is 0 Å². The molecule has 0 radical (unpaired) electrons. The van der Waals surface area contributed by atoms with Gasteiger partial charge in [-0.2, -0.15) is 10.1 Å². The zero-order valence-electron chi connectivity index (χ0n) is 7.71. The van der Waals surface area contributed by atoms with Crippen LogP contribution >= 0.6 is 0 Å². The summed E-state index contributed by atoms with van der Waals surface area (Å²) in [6, 6.07) is 6.64. The molecule has 1 atom stereocenters. The molecular weight excluding hydrogens is 180 g/mol. The standard InChI is InChI=1S/C10H10N2O2/c1-7-6-11-12(10(7)14)8-4-2-3-5-9(8)13/h2-7,13H,1H3. The van der Waals surface area contributed by atoms with Crippen molar-refractivity contribution < 1.29 is 9.90 Å². The molecule has 0 saturated carbocycles. The van der Waals surface area contributed by atoms with Gasteiger partial charge >= 0.3 is 0 Å². The normalized spacial score (nSPS) is 20.5. The Morgan fingerprint density at radius 1 is 1.43 bits per heavy atom. The lowest BCUT2D eigenvalue weighted by molar-refractivity contribution is -0.119. The predicted octanol–water partition coefficient (Wildman–Crippen LogP) is 1.36. The van der Waals surface area contributed by atoms with Crippen LogP contribution in [0.25, 0.3) is 0 Å². The van der Waals surface area contributed by atoms with Gasteiger partial charge in [-0.1, -0.05) is 12.1 Å². The fourth-order valence-electron chi connectivity index (χ4n) is 1.30. The molecule has 0 spiro atoms. The van der Waals surface area contributed by atoms with Crippen LogP contribution in [0.5, 0.6) is 5.75 Å². The number of carbonyl (C=O) groups excluding carboxylic acids is 1. The highest BCUT2D eigenvalue weighted by Crippen LogP contribution is 2.29. The Labute approximate surface area is 81.5 Å². The lowest BCUT2D eigenvalue weighted by atomic mass is 10.2. The molecule has 14 heavy (non-hydrogen) atoms. The number of hydrogen-bond donors (Lipinski definition) is 1. The fraction of sp³-hybridized carbons (Fsp3) is 0.200. The zero-order valence-corrected chi connectivity index (χ0v) is 7.71. The van der Waals surface area contributed by atoms with Gasteiger partial charge in [0.2, 0.25) is 0 Å². The van der Waals surface area contributed by atoms with E-state index in [0.717, 1.165) is 0 Å². The first kappa shape index (κ1) is 8.74. The van der Waals surface area contributed by atoms with Crippen molar-refractivity contribution in [1.29, 1.82) is 0 Å². The van der Waals surface area contributed by atoms with Crippen molar-refractivity contribution >= 4 is 17.8 Å². The van der Waals surface area contributed by atoms with Gasteiger partial charge in [-0.3, -0.25) is 4.79 Å². The van der Waals surface area contributed by atoms with Gasteiger partial charge < -0.3 is 5.11 Å². The van der Waals surface area contributed by atoms with Crippen LogP contribution < -0.4 is 5.01 Å². The number of aromatic hydroxyl groups is 1. The largest absolute Gasteiger partial charge is 0.506 e. The summed E-state index contributed by atoms with van der Waals surface area (Å²) in [5.41, 5.74) is 0.429. The molecule has 0 fully saturated rings. The molecule has 0 aromatic heterocycles. The highest BCUT2D eigenvalue weighted by atomic mass is 16.3. The van der Waals surface area contributed by atoms with Crippen LogP contribution in [0, 0.1) is 5.92 Å². The summed E-state index contributed by atoms with van der Waals surface area (Å²) in [6.07, 6.45) is 1.56. The van der Waals surface area contributed by atoms with E-state index < -0.39 is 0 Å². The maximum absolute atomic E-state index is 11.5. The van der Waals surface area contributed by atoms with E-state index in [0.29, 0.717) is 5.69 Å². The Balaban J connectivity index is 2.38. The molecule has 1 N–H and O–H groups in total. The lowest BCUT2D eigenvalue weighted by Crippen LogP contribution is -2.24. The molecule has 2 rings (SSSR count). The molecule has 0 aliphatic carbocycles. The Hall–Kier alpha value is -1.84. The minimum atomic E-state index is -0.213. The number of carbonyl (C=O) groups is 1. The van der Waals surface area contributed by atoms with Crippen molar-refractivity contribution in [2.45, 2.75) is 6.92 Å². The smallest absolute Gasteiger partial charge is 0.255 e. The summed E-state index contributed by atoms with van der Waals surface area (Å²) in [5, 5.41) is 14.7. The molecule has 0 saturated heterocycles.